The molecule has 2 aromatic rings. The van der Waals surface area contributed by atoms with Crippen molar-refractivity contribution in [3.05, 3.63) is 39.4 Å². The maximum Gasteiger partial charge on any atom is 0.194 e. The number of aliphatic imine (C=N–C) groups is 1. The lowest BCUT2D eigenvalue weighted by atomic mass is 10.4. The summed E-state index contributed by atoms with van der Waals surface area (Å²) < 4.78 is 5.61. The average molecular weight is 427 g/mol. The number of thiophene rings is 1. The summed E-state index contributed by atoms with van der Waals surface area (Å²) in [6.07, 6.45) is 1.56. The van der Waals surface area contributed by atoms with E-state index in [4.69, 9.17) is 16.1 Å². The van der Waals surface area contributed by atoms with E-state index in [1.54, 1.807) is 24.6 Å². The van der Waals surface area contributed by atoms with Crippen LogP contribution in [0.5, 0.6) is 0 Å². The normalized spacial score (nSPS) is 11.1. The van der Waals surface area contributed by atoms with Crippen LogP contribution >= 0.6 is 46.9 Å². The van der Waals surface area contributed by atoms with Crippen molar-refractivity contribution in [1.82, 2.24) is 15.4 Å². The smallest absolute Gasteiger partial charge is 0.194 e. The van der Waals surface area contributed by atoms with Gasteiger partial charge in [-0.05, 0) is 12.1 Å². The summed E-state index contributed by atoms with van der Waals surface area (Å²) in [6, 6.07) is 5.73. The van der Waals surface area contributed by atoms with Crippen LogP contribution in [0.15, 0.2) is 34.0 Å². The van der Waals surface area contributed by atoms with Gasteiger partial charge in [-0.1, -0.05) is 16.8 Å². The summed E-state index contributed by atoms with van der Waals surface area (Å²) in [5, 5.41) is 7.16. The van der Waals surface area contributed by atoms with Crippen LogP contribution in [0.3, 0.4) is 0 Å². The molecule has 0 aromatic carbocycles. The van der Waals surface area contributed by atoms with E-state index in [2.05, 4.69) is 15.5 Å². The second kappa shape index (κ2) is 8.48. The first kappa shape index (κ1) is 17.3. The second-order valence-corrected chi connectivity index (χ2v) is 5.75. The van der Waals surface area contributed by atoms with E-state index in [9.17, 15) is 0 Å². The molecule has 2 rings (SSSR count). The largest absolute Gasteiger partial charge is 0.364 e. The van der Waals surface area contributed by atoms with Crippen molar-refractivity contribution in [3.8, 4) is 0 Å². The molecule has 0 unspecified atom stereocenters. The standard InChI is InChI=1S/C12H15ClN4OS.HI/c1-14-12(15-7-10-3-4-11(13)19-10)17(2)8-9-5-6-18-16-9;/h3-6H,7-8H2,1-2H3,(H,14,15);1H. The number of nitrogens with zero attached hydrogens (tertiary/aromatic N) is 3. The summed E-state index contributed by atoms with van der Waals surface area (Å²) in [5.74, 6) is 0.799. The van der Waals surface area contributed by atoms with Gasteiger partial charge < -0.3 is 14.7 Å². The Labute approximate surface area is 144 Å². The lowest BCUT2D eigenvalue weighted by molar-refractivity contribution is 0.391. The molecule has 0 atom stereocenters. The Hall–Kier alpha value is -0.800. The molecule has 5 nitrogen and oxygen atoms in total. The highest BCUT2D eigenvalue weighted by Crippen LogP contribution is 2.21. The van der Waals surface area contributed by atoms with Crippen LogP contribution < -0.4 is 5.32 Å². The molecule has 2 heterocycles. The molecule has 0 radical (unpaired) electrons. The molecule has 0 bridgehead atoms. The Balaban J connectivity index is 0.00000200. The third-order valence-electron chi connectivity index (χ3n) is 2.51. The van der Waals surface area contributed by atoms with E-state index in [-0.39, 0.29) is 24.0 Å². The second-order valence-electron chi connectivity index (χ2n) is 3.95. The fraction of sp³-hybridized carbons (Fsp3) is 0.333. The summed E-state index contributed by atoms with van der Waals surface area (Å²) in [5.41, 5.74) is 0.865. The monoisotopic (exact) mass is 426 g/mol. The van der Waals surface area contributed by atoms with Crippen LogP contribution in [0.1, 0.15) is 10.6 Å². The van der Waals surface area contributed by atoms with Gasteiger partial charge in [0.15, 0.2) is 5.96 Å². The van der Waals surface area contributed by atoms with Crippen molar-refractivity contribution in [2.24, 2.45) is 4.99 Å². The van der Waals surface area contributed by atoms with Crippen molar-refractivity contribution < 1.29 is 4.52 Å². The number of rotatable bonds is 4. The molecule has 0 saturated carbocycles. The lowest BCUT2D eigenvalue weighted by Crippen LogP contribution is -2.37. The highest BCUT2D eigenvalue weighted by Gasteiger charge is 2.08. The molecule has 0 amide bonds. The summed E-state index contributed by atoms with van der Waals surface area (Å²) in [7, 11) is 3.70. The molecule has 0 aliphatic rings. The minimum absolute atomic E-state index is 0. The van der Waals surface area contributed by atoms with Crippen LogP contribution in [-0.4, -0.2) is 30.1 Å². The zero-order valence-corrected chi connectivity index (χ0v) is 15.1. The fourth-order valence-corrected chi connectivity index (χ4v) is 2.66. The number of aromatic nitrogens is 1. The van der Waals surface area contributed by atoms with Gasteiger partial charge in [0.1, 0.15) is 12.0 Å². The summed E-state index contributed by atoms with van der Waals surface area (Å²) >= 11 is 7.46. The van der Waals surface area contributed by atoms with Gasteiger partial charge >= 0.3 is 0 Å². The van der Waals surface area contributed by atoms with Crippen LogP contribution in [0.25, 0.3) is 0 Å². The number of guanidine groups is 1. The van der Waals surface area contributed by atoms with E-state index < -0.39 is 0 Å². The third kappa shape index (κ3) is 4.95. The van der Waals surface area contributed by atoms with Gasteiger partial charge in [-0.2, -0.15) is 0 Å². The SMILES string of the molecule is CN=C(NCc1ccc(Cl)s1)N(C)Cc1ccon1.I. The molecule has 20 heavy (non-hydrogen) atoms. The van der Waals surface area contributed by atoms with E-state index >= 15 is 0 Å². The van der Waals surface area contributed by atoms with Crippen molar-refractivity contribution in [3.63, 3.8) is 0 Å². The van der Waals surface area contributed by atoms with Crippen molar-refractivity contribution in [2.75, 3.05) is 14.1 Å². The Kier molecular flexibility index (Phi) is 7.31. The van der Waals surface area contributed by atoms with Crippen LogP contribution in [0, 0.1) is 0 Å². The van der Waals surface area contributed by atoms with Gasteiger partial charge in [-0.25, -0.2) is 0 Å². The lowest BCUT2D eigenvalue weighted by Gasteiger charge is -2.20. The number of hydrogen-bond acceptors (Lipinski definition) is 4. The predicted octanol–water partition coefficient (Wildman–Crippen LogP) is 3.21. The minimum Gasteiger partial charge on any atom is -0.364 e. The molecule has 110 valence electrons. The predicted molar refractivity (Wildman–Crippen MR) is 92.9 cm³/mol. The highest BCUT2D eigenvalue weighted by molar-refractivity contribution is 14.0. The molecule has 2 aromatic heterocycles. The van der Waals surface area contributed by atoms with Gasteiger partial charge in [0.25, 0.3) is 0 Å². The van der Waals surface area contributed by atoms with E-state index in [0.717, 1.165) is 16.0 Å². The molecular weight excluding hydrogens is 411 g/mol. The first-order valence-electron chi connectivity index (χ1n) is 5.74. The number of nitrogens with one attached hydrogen (secondary N) is 1. The Bertz CT molecular complexity index is 543. The molecule has 0 aliphatic carbocycles. The van der Waals surface area contributed by atoms with Crippen LogP contribution in [0.4, 0.5) is 0 Å². The Morgan fingerprint density at radius 1 is 1.50 bits per heavy atom. The van der Waals surface area contributed by atoms with E-state index in [1.165, 1.54) is 4.88 Å². The third-order valence-corrected chi connectivity index (χ3v) is 3.74. The molecule has 0 aliphatic heterocycles. The fourth-order valence-electron chi connectivity index (χ4n) is 1.63. The molecule has 0 fully saturated rings. The van der Waals surface area contributed by atoms with Crippen LogP contribution in [-0.2, 0) is 13.1 Å². The van der Waals surface area contributed by atoms with Gasteiger partial charge in [0.2, 0.25) is 0 Å². The maximum absolute atomic E-state index is 5.90. The van der Waals surface area contributed by atoms with Gasteiger partial charge in [0, 0.05) is 25.0 Å². The highest BCUT2D eigenvalue weighted by atomic mass is 127. The number of halogens is 2. The first-order valence-corrected chi connectivity index (χ1v) is 6.93. The summed E-state index contributed by atoms with van der Waals surface area (Å²) in [4.78, 5) is 7.38. The van der Waals surface area contributed by atoms with Crippen LogP contribution in [0.2, 0.25) is 4.34 Å². The number of hydrogen-bond donors (Lipinski definition) is 1. The first-order chi connectivity index (χ1) is 9.19. The molecule has 0 spiro atoms. The zero-order chi connectivity index (χ0) is 13.7. The minimum atomic E-state index is 0. The van der Waals surface area contributed by atoms with Crippen molar-refractivity contribution >= 4 is 52.9 Å². The van der Waals surface area contributed by atoms with Crippen molar-refractivity contribution in [1.29, 1.82) is 0 Å². The van der Waals surface area contributed by atoms with Gasteiger partial charge in [-0.3, -0.25) is 4.99 Å². The Morgan fingerprint density at radius 2 is 2.30 bits per heavy atom. The maximum atomic E-state index is 5.90. The van der Waals surface area contributed by atoms with E-state index in [1.807, 2.05) is 30.1 Å². The average Bonchev–Trinajstić information content (AvgIpc) is 3.02. The Morgan fingerprint density at radius 3 is 2.85 bits per heavy atom. The zero-order valence-electron chi connectivity index (χ0n) is 11.2. The molecule has 8 heteroatoms. The summed E-state index contributed by atoms with van der Waals surface area (Å²) in [6.45, 7) is 1.34. The van der Waals surface area contributed by atoms with Crippen molar-refractivity contribution in [2.45, 2.75) is 13.1 Å². The molecule has 1 N–H and O–H groups in total. The van der Waals surface area contributed by atoms with E-state index in [0.29, 0.717) is 13.1 Å². The van der Waals surface area contributed by atoms with Gasteiger partial charge in [0.05, 0.1) is 17.4 Å². The molecule has 0 saturated heterocycles. The molecular formula is C12H16ClIN4OS. The quantitative estimate of drug-likeness (QED) is 0.463. The topological polar surface area (TPSA) is 53.7 Å². The van der Waals surface area contributed by atoms with Gasteiger partial charge in [-0.15, -0.1) is 35.3 Å².